The minimum Gasteiger partial charge on any atom is -0.462 e. The zero-order valence-corrected chi connectivity index (χ0v) is 11.7. The van der Waals surface area contributed by atoms with E-state index >= 15 is 0 Å². The number of hydrogen-bond acceptors (Lipinski definition) is 7. The van der Waals surface area contributed by atoms with E-state index in [1.807, 2.05) is 18.2 Å². The van der Waals surface area contributed by atoms with Crippen molar-refractivity contribution in [2.45, 2.75) is 13.3 Å². The fraction of sp³-hybridized carbons (Fsp3) is 0.231. The van der Waals surface area contributed by atoms with Crippen molar-refractivity contribution in [3.63, 3.8) is 0 Å². The molecule has 7 heteroatoms. The summed E-state index contributed by atoms with van der Waals surface area (Å²) in [5.74, 6) is 5.04. The minimum absolute atomic E-state index is 0.214. The SMILES string of the molecule is CCOC(=O)c1cnc(NN)nc1C1=CC=CCC1=S. The number of hydrazine groups is 1. The molecule has 0 atom stereocenters. The van der Waals surface area contributed by atoms with Gasteiger partial charge in [-0.25, -0.2) is 20.6 Å². The molecule has 0 saturated carbocycles. The number of rotatable bonds is 4. The first-order valence-electron chi connectivity index (χ1n) is 6.08. The molecule has 3 N–H and O–H groups in total. The van der Waals surface area contributed by atoms with Crippen LogP contribution in [0, 0.1) is 0 Å². The van der Waals surface area contributed by atoms with Gasteiger partial charge >= 0.3 is 5.97 Å². The first kappa shape index (κ1) is 14.3. The highest BCUT2D eigenvalue weighted by Crippen LogP contribution is 2.24. The molecule has 1 aliphatic carbocycles. The minimum atomic E-state index is -0.482. The highest BCUT2D eigenvalue weighted by molar-refractivity contribution is 7.81. The van der Waals surface area contributed by atoms with Gasteiger partial charge in [0, 0.05) is 23.1 Å². The number of carbonyl (C=O) groups excluding carboxylic acids is 1. The second-order valence-electron chi connectivity index (χ2n) is 3.96. The second kappa shape index (κ2) is 6.36. The van der Waals surface area contributed by atoms with Crippen LogP contribution in [0.5, 0.6) is 0 Å². The van der Waals surface area contributed by atoms with Crippen molar-refractivity contribution < 1.29 is 9.53 Å². The van der Waals surface area contributed by atoms with Gasteiger partial charge < -0.3 is 4.74 Å². The molecule has 0 amide bonds. The number of esters is 1. The summed E-state index contributed by atoms with van der Waals surface area (Å²) in [5.41, 5.74) is 3.77. The maximum absolute atomic E-state index is 12.0. The van der Waals surface area contributed by atoms with Gasteiger partial charge in [-0.1, -0.05) is 30.4 Å². The second-order valence-corrected chi connectivity index (χ2v) is 4.45. The van der Waals surface area contributed by atoms with Gasteiger partial charge in [-0.15, -0.1) is 0 Å². The molecule has 0 unspecified atom stereocenters. The monoisotopic (exact) mass is 290 g/mol. The Kier molecular flexibility index (Phi) is 4.54. The number of allylic oxidation sites excluding steroid dienone is 4. The number of carbonyl (C=O) groups is 1. The molecule has 0 bridgehead atoms. The summed E-state index contributed by atoms with van der Waals surface area (Å²) in [5, 5.41) is 0. The lowest BCUT2D eigenvalue weighted by Crippen LogP contribution is -2.17. The topological polar surface area (TPSA) is 90.1 Å². The van der Waals surface area contributed by atoms with Gasteiger partial charge in [0.05, 0.1) is 12.3 Å². The third kappa shape index (κ3) is 2.89. The molecule has 1 aliphatic rings. The standard InChI is InChI=1S/C13H14N4O2S/c1-2-19-12(18)9-7-15-13(17-14)16-11(9)8-5-3-4-6-10(8)20/h3-5,7H,2,6,14H2,1H3,(H,15,16,17). The smallest absolute Gasteiger partial charge is 0.341 e. The molecule has 20 heavy (non-hydrogen) atoms. The van der Waals surface area contributed by atoms with Crippen LogP contribution in [0.15, 0.2) is 24.4 Å². The zero-order valence-electron chi connectivity index (χ0n) is 10.9. The summed E-state index contributed by atoms with van der Waals surface area (Å²) in [4.78, 5) is 20.9. The van der Waals surface area contributed by atoms with Crippen molar-refractivity contribution in [2.24, 2.45) is 5.84 Å². The first-order chi connectivity index (χ1) is 9.67. The fourth-order valence-corrected chi connectivity index (χ4v) is 2.03. The van der Waals surface area contributed by atoms with Crippen LogP contribution in [0.2, 0.25) is 0 Å². The highest BCUT2D eigenvalue weighted by atomic mass is 32.1. The van der Waals surface area contributed by atoms with E-state index in [2.05, 4.69) is 15.4 Å². The average Bonchev–Trinajstić information content (AvgIpc) is 2.47. The van der Waals surface area contributed by atoms with Gasteiger partial charge in [0.15, 0.2) is 0 Å². The van der Waals surface area contributed by atoms with Crippen molar-refractivity contribution in [2.75, 3.05) is 12.0 Å². The van der Waals surface area contributed by atoms with Gasteiger partial charge in [-0.3, -0.25) is 5.43 Å². The van der Waals surface area contributed by atoms with Gasteiger partial charge in [0.2, 0.25) is 5.95 Å². The van der Waals surface area contributed by atoms with Gasteiger partial charge in [-0.05, 0) is 6.92 Å². The maximum atomic E-state index is 12.0. The summed E-state index contributed by atoms with van der Waals surface area (Å²) in [6.45, 7) is 2.01. The summed E-state index contributed by atoms with van der Waals surface area (Å²) in [6, 6.07) is 0. The Morgan fingerprint density at radius 1 is 1.60 bits per heavy atom. The lowest BCUT2D eigenvalue weighted by Gasteiger charge is -2.14. The van der Waals surface area contributed by atoms with Crippen molar-refractivity contribution in [1.29, 1.82) is 0 Å². The van der Waals surface area contributed by atoms with Crippen LogP contribution in [0.25, 0.3) is 5.57 Å². The van der Waals surface area contributed by atoms with Gasteiger partial charge in [0.1, 0.15) is 5.56 Å². The highest BCUT2D eigenvalue weighted by Gasteiger charge is 2.21. The normalized spacial score (nSPS) is 13.9. The van der Waals surface area contributed by atoms with Crippen LogP contribution in [-0.2, 0) is 4.74 Å². The molecule has 0 aliphatic heterocycles. The summed E-state index contributed by atoms with van der Waals surface area (Å²) < 4.78 is 5.01. The zero-order chi connectivity index (χ0) is 14.5. The van der Waals surface area contributed by atoms with E-state index in [0.717, 1.165) is 0 Å². The Morgan fingerprint density at radius 2 is 2.40 bits per heavy atom. The van der Waals surface area contributed by atoms with Gasteiger partial charge in [-0.2, -0.15) is 0 Å². The third-order valence-corrected chi connectivity index (χ3v) is 3.06. The van der Waals surface area contributed by atoms with Crippen molar-refractivity contribution in [3.8, 4) is 0 Å². The number of thiocarbonyl (C=S) groups is 1. The predicted molar refractivity (Wildman–Crippen MR) is 80.1 cm³/mol. The number of nitrogens with two attached hydrogens (primary N) is 1. The predicted octanol–water partition coefficient (Wildman–Crippen LogP) is 1.65. The van der Waals surface area contributed by atoms with E-state index in [1.165, 1.54) is 6.20 Å². The molecule has 0 saturated heterocycles. The number of ether oxygens (including phenoxy) is 1. The molecule has 0 radical (unpaired) electrons. The van der Waals surface area contributed by atoms with E-state index in [0.29, 0.717) is 22.6 Å². The Morgan fingerprint density at radius 3 is 3.05 bits per heavy atom. The quantitative estimate of drug-likeness (QED) is 0.377. The van der Waals surface area contributed by atoms with Crippen LogP contribution >= 0.6 is 12.2 Å². The molecule has 6 nitrogen and oxygen atoms in total. The molecular weight excluding hydrogens is 276 g/mol. The van der Waals surface area contributed by atoms with Crippen LogP contribution in [0.4, 0.5) is 5.95 Å². The number of nitrogens with one attached hydrogen (secondary N) is 1. The van der Waals surface area contributed by atoms with Crippen LogP contribution < -0.4 is 11.3 Å². The lowest BCUT2D eigenvalue weighted by atomic mass is 9.98. The van der Waals surface area contributed by atoms with Crippen LogP contribution in [-0.4, -0.2) is 27.4 Å². The molecule has 1 heterocycles. The summed E-state index contributed by atoms with van der Waals surface area (Å²) >= 11 is 5.32. The summed E-state index contributed by atoms with van der Waals surface area (Å²) in [6.07, 6.45) is 7.66. The van der Waals surface area contributed by atoms with E-state index in [9.17, 15) is 4.79 Å². The largest absolute Gasteiger partial charge is 0.462 e. The Hall–Kier alpha value is -2.12. The Bertz CT molecular complexity index is 610. The molecular formula is C13H14N4O2S. The van der Waals surface area contributed by atoms with E-state index in [4.69, 9.17) is 22.8 Å². The van der Waals surface area contributed by atoms with Gasteiger partial charge in [0.25, 0.3) is 0 Å². The Labute approximate surface area is 121 Å². The number of nitrogen functional groups attached to an aromatic ring is 1. The maximum Gasteiger partial charge on any atom is 0.341 e. The lowest BCUT2D eigenvalue weighted by molar-refractivity contribution is 0.0525. The molecule has 0 fully saturated rings. The summed E-state index contributed by atoms with van der Waals surface area (Å²) in [7, 11) is 0. The third-order valence-electron chi connectivity index (χ3n) is 2.67. The van der Waals surface area contributed by atoms with E-state index < -0.39 is 5.97 Å². The van der Waals surface area contributed by atoms with Crippen LogP contribution in [0.1, 0.15) is 29.4 Å². The molecule has 0 aromatic carbocycles. The van der Waals surface area contributed by atoms with E-state index in [-0.39, 0.29) is 18.1 Å². The number of aromatic nitrogens is 2. The molecule has 104 valence electrons. The molecule has 1 aromatic rings. The van der Waals surface area contributed by atoms with E-state index in [1.54, 1.807) is 6.92 Å². The number of nitrogens with zero attached hydrogens (tertiary/aromatic N) is 2. The Balaban J connectivity index is 2.53. The van der Waals surface area contributed by atoms with Crippen LogP contribution in [0.3, 0.4) is 0 Å². The van der Waals surface area contributed by atoms with Crippen molar-refractivity contribution in [3.05, 3.63) is 35.7 Å². The fourth-order valence-electron chi connectivity index (χ4n) is 1.77. The van der Waals surface area contributed by atoms with Crippen molar-refractivity contribution >= 4 is 34.6 Å². The molecule has 0 spiro atoms. The first-order valence-corrected chi connectivity index (χ1v) is 6.49. The average molecular weight is 290 g/mol. The van der Waals surface area contributed by atoms with Crippen molar-refractivity contribution in [1.82, 2.24) is 9.97 Å². The molecule has 1 aromatic heterocycles. The number of hydrogen-bond donors (Lipinski definition) is 2. The number of anilines is 1. The molecule has 2 rings (SSSR count).